The van der Waals surface area contributed by atoms with Gasteiger partial charge in [-0.1, -0.05) is 12.1 Å². The van der Waals surface area contributed by atoms with Crippen LogP contribution in [0, 0.1) is 12.7 Å². The van der Waals surface area contributed by atoms with E-state index in [1.807, 2.05) is 6.92 Å². The molecule has 1 atom stereocenters. The van der Waals surface area contributed by atoms with Gasteiger partial charge in [-0.3, -0.25) is 4.79 Å². The minimum atomic E-state index is -0.486. The molecule has 0 N–H and O–H groups in total. The monoisotopic (exact) mass is 364 g/mol. The summed E-state index contributed by atoms with van der Waals surface area (Å²) in [6.45, 7) is 1.82. The molecule has 1 aliphatic heterocycles. The van der Waals surface area contributed by atoms with Crippen LogP contribution >= 0.6 is 0 Å². The molecule has 0 unspecified atom stereocenters. The van der Waals surface area contributed by atoms with Crippen LogP contribution in [-0.4, -0.2) is 5.78 Å². The van der Waals surface area contributed by atoms with E-state index in [1.165, 1.54) is 12.1 Å². The summed E-state index contributed by atoms with van der Waals surface area (Å²) >= 11 is 0. The lowest BCUT2D eigenvalue weighted by molar-refractivity contribution is 0.0852. The number of carbonyl (C=O) groups is 1. The van der Waals surface area contributed by atoms with Gasteiger partial charge in [0.2, 0.25) is 0 Å². The maximum absolute atomic E-state index is 13.3. The second-order valence-electron chi connectivity index (χ2n) is 7.26. The normalized spacial score (nSPS) is 18.3. The number of ketones is 1. The average Bonchev–Trinajstić information content (AvgIpc) is 3.12. The quantitative estimate of drug-likeness (QED) is 0.599. The maximum Gasteiger partial charge on any atom is 0.339 e. The molecule has 0 fully saturated rings. The van der Waals surface area contributed by atoms with E-state index in [-0.39, 0.29) is 23.6 Å². The first-order chi connectivity index (χ1) is 13.0. The van der Waals surface area contributed by atoms with Crippen LogP contribution in [0.5, 0.6) is 5.75 Å². The van der Waals surface area contributed by atoms with Crippen molar-refractivity contribution in [1.29, 1.82) is 0 Å². The highest BCUT2D eigenvalue weighted by Gasteiger charge is 2.33. The van der Waals surface area contributed by atoms with Gasteiger partial charge in [-0.2, -0.15) is 0 Å². The smallest absolute Gasteiger partial charge is 0.339 e. The van der Waals surface area contributed by atoms with Crippen LogP contribution in [-0.2, 0) is 12.8 Å². The Kier molecular flexibility index (Phi) is 3.47. The highest BCUT2D eigenvalue weighted by Crippen LogP contribution is 2.44. The Morgan fingerprint density at radius 1 is 1.07 bits per heavy atom. The van der Waals surface area contributed by atoms with Crippen molar-refractivity contribution in [3.63, 3.8) is 0 Å². The van der Waals surface area contributed by atoms with Gasteiger partial charge < -0.3 is 9.15 Å². The fourth-order valence-corrected chi connectivity index (χ4v) is 4.31. The predicted molar refractivity (Wildman–Crippen MR) is 98.0 cm³/mol. The van der Waals surface area contributed by atoms with E-state index < -0.39 is 6.10 Å². The minimum Gasteiger partial charge on any atom is -0.484 e. The van der Waals surface area contributed by atoms with Crippen LogP contribution in [0.25, 0.3) is 11.0 Å². The summed E-state index contributed by atoms with van der Waals surface area (Å²) in [4.78, 5) is 25.2. The molecule has 0 spiro atoms. The molecule has 1 aliphatic carbocycles. The Labute approximate surface area is 154 Å². The molecule has 27 heavy (non-hydrogen) atoms. The number of rotatable bonds is 1. The van der Waals surface area contributed by atoms with E-state index in [4.69, 9.17) is 9.15 Å². The molecule has 2 heterocycles. The third-order valence-corrected chi connectivity index (χ3v) is 5.56. The SMILES string of the molecule is Cc1cc2oc(=O)c3c(c2c2c1C(=O)C[C@@H](c1ccc(F)cc1)O2)CCC3. The third kappa shape index (κ3) is 2.41. The molecule has 2 aromatic carbocycles. The van der Waals surface area contributed by atoms with E-state index >= 15 is 0 Å². The standard InChI is InChI=1S/C22H17FO4/c1-11-9-18-20(14-3-2-4-15(14)22(25)27-18)21-19(11)16(24)10-17(26-21)12-5-7-13(23)8-6-12/h5-9,17H,2-4,10H2,1H3/t17-/m0/s1. The molecule has 2 aliphatic rings. The van der Waals surface area contributed by atoms with Gasteiger partial charge in [0.05, 0.1) is 17.4 Å². The van der Waals surface area contributed by atoms with Crippen LogP contribution in [0.1, 0.15) is 51.6 Å². The summed E-state index contributed by atoms with van der Waals surface area (Å²) in [7, 11) is 0. The fraction of sp³-hybridized carbons (Fsp3) is 0.273. The number of fused-ring (bicyclic) bond motifs is 5. The van der Waals surface area contributed by atoms with Crippen molar-refractivity contribution in [3.8, 4) is 5.75 Å². The highest BCUT2D eigenvalue weighted by atomic mass is 19.1. The van der Waals surface area contributed by atoms with Gasteiger partial charge in [-0.05, 0) is 61.1 Å². The van der Waals surface area contributed by atoms with E-state index in [1.54, 1.807) is 18.2 Å². The molecular weight excluding hydrogens is 347 g/mol. The Balaban J connectivity index is 1.76. The molecule has 136 valence electrons. The van der Waals surface area contributed by atoms with Gasteiger partial charge in [0.1, 0.15) is 23.3 Å². The first-order valence-electron chi connectivity index (χ1n) is 9.10. The van der Waals surface area contributed by atoms with E-state index in [9.17, 15) is 14.0 Å². The molecule has 3 aromatic rings. The van der Waals surface area contributed by atoms with Crippen molar-refractivity contribution in [2.45, 2.75) is 38.7 Å². The maximum atomic E-state index is 13.3. The Morgan fingerprint density at radius 3 is 2.59 bits per heavy atom. The topological polar surface area (TPSA) is 56.5 Å². The van der Waals surface area contributed by atoms with E-state index in [0.717, 1.165) is 34.9 Å². The molecule has 0 saturated carbocycles. The van der Waals surface area contributed by atoms with E-state index in [2.05, 4.69) is 0 Å². The van der Waals surface area contributed by atoms with Crippen LogP contribution in [0.3, 0.4) is 0 Å². The molecule has 0 radical (unpaired) electrons. The van der Waals surface area contributed by atoms with Crippen molar-refractivity contribution in [2.75, 3.05) is 0 Å². The Morgan fingerprint density at radius 2 is 1.81 bits per heavy atom. The van der Waals surface area contributed by atoms with Gasteiger partial charge in [-0.15, -0.1) is 0 Å². The highest BCUT2D eigenvalue weighted by molar-refractivity contribution is 6.07. The number of ether oxygens (including phenoxy) is 1. The van der Waals surface area contributed by atoms with Crippen LogP contribution in [0.15, 0.2) is 39.5 Å². The molecule has 0 saturated heterocycles. The molecule has 1 aromatic heterocycles. The zero-order valence-corrected chi connectivity index (χ0v) is 14.8. The van der Waals surface area contributed by atoms with Gasteiger partial charge in [-0.25, -0.2) is 9.18 Å². The lowest BCUT2D eigenvalue weighted by atomic mass is 9.90. The van der Waals surface area contributed by atoms with Gasteiger partial charge >= 0.3 is 5.63 Å². The summed E-state index contributed by atoms with van der Waals surface area (Å²) in [6, 6.07) is 7.77. The number of hydrogen-bond donors (Lipinski definition) is 0. The zero-order valence-electron chi connectivity index (χ0n) is 14.8. The molecule has 5 rings (SSSR count). The number of halogens is 1. The van der Waals surface area contributed by atoms with Gasteiger partial charge in [0.25, 0.3) is 0 Å². The number of Topliss-reactive ketones (excluding diaryl/α,β-unsaturated/α-hetero) is 1. The van der Waals surface area contributed by atoms with Crippen molar-refractivity contribution in [3.05, 3.63) is 74.4 Å². The van der Waals surface area contributed by atoms with Crippen LogP contribution in [0.2, 0.25) is 0 Å². The zero-order chi connectivity index (χ0) is 18.7. The number of carbonyl (C=O) groups excluding carboxylic acids is 1. The average molecular weight is 364 g/mol. The van der Waals surface area contributed by atoms with Gasteiger partial charge in [0, 0.05) is 5.56 Å². The molecule has 5 heteroatoms. The Bertz CT molecular complexity index is 1160. The summed E-state index contributed by atoms with van der Waals surface area (Å²) in [5, 5.41) is 0.739. The predicted octanol–water partition coefficient (Wildman–Crippen LogP) is 4.44. The van der Waals surface area contributed by atoms with Crippen LogP contribution < -0.4 is 10.4 Å². The van der Waals surface area contributed by atoms with E-state index in [0.29, 0.717) is 28.9 Å². The van der Waals surface area contributed by atoms with Crippen molar-refractivity contribution >= 4 is 16.8 Å². The molecule has 0 bridgehead atoms. The van der Waals surface area contributed by atoms with Gasteiger partial charge in [0.15, 0.2) is 5.78 Å². The third-order valence-electron chi connectivity index (χ3n) is 5.56. The summed E-state index contributed by atoms with van der Waals surface area (Å²) < 4.78 is 25.1. The fourth-order valence-electron chi connectivity index (χ4n) is 4.31. The second-order valence-corrected chi connectivity index (χ2v) is 7.26. The first kappa shape index (κ1) is 16.2. The summed E-state index contributed by atoms with van der Waals surface area (Å²) in [6.07, 6.45) is 2.05. The number of hydrogen-bond acceptors (Lipinski definition) is 4. The largest absolute Gasteiger partial charge is 0.484 e. The minimum absolute atomic E-state index is 0.0112. The lowest BCUT2D eigenvalue weighted by Gasteiger charge is -2.28. The van der Waals surface area contributed by atoms with Crippen molar-refractivity contribution < 1.29 is 18.3 Å². The molecule has 4 nitrogen and oxygen atoms in total. The molecule has 0 amide bonds. The van der Waals surface area contributed by atoms with Crippen molar-refractivity contribution in [1.82, 2.24) is 0 Å². The number of benzene rings is 2. The van der Waals surface area contributed by atoms with Crippen LogP contribution in [0.4, 0.5) is 4.39 Å². The van der Waals surface area contributed by atoms with Crippen molar-refractivity contribution in [2.24, 2.45) is 0 Å². The first-order valence-corrected chi connectivity index (χ1v) is 9.10. The lowest BCUT2D eigenvalue weighted by Crippen LogP contribution is -2.22. The Hall–Kier alpha value is -2.95. The summed E-state index contributed by atoms with van der Waals surface area (Å²) in [5.74, 6) is 0.155. The number of aryl methyl sites for hydroxylation is 2. The summed E-state index contributed by atoms with van der Waals surface area (Å²) in [5.41, 5.74) is 3.83. The molecular formula is C22H17FO4. The second kappa shape index (κ2) is 5.78.